The van der Waals surface area contributed by atoms with E-state index in [1.165, 1.54) is 24.3 Å². The van der Waals surface area contributed by atoms with Gasteiger partial charge in [0.25, 0.3) is 0 Å². The van der Waals surface area contributed by atoms with Gasteiger partial charge >= 0.3 is 0 Å². The quantitative estimate of drug-likeness (QED) is 0.346. The highest BCUT2D eigenvalue weighted by Gasteiger charge is 2.56. The van der Waals surface area contributed by atoms with E-state index < -0.39 is 17.1 Å². The Balaban J connectivity index is 1.25. The zero-order valence-corrected chi connectivity index (χ0v) is 18.9. The molecule has 2 amide bonds. The van der Waals surface area contributed by atoms with Crippen molar-refractivity contribution < 1.29 is 23.5 Å². The average Bonchev–Trinajstić information content (AvgIpc) is 3.69. The standard InChI is InChI=1S/C27H22FN3O4/c1-34-21-10-11-22-23(16-21)29-15-12-24(22)35-20-8-6-19(7-9-20)31-26(33)27(13-14-27)25(32)30-18-4-2-17(28)3-5-18/h2-12,15-16H,13-14H2,1H3,(H,30,32)(H,31,33). The van der Waals surface area contributed by atoms with E-state index in [4.69, 9.17) is 9.47 Å². The number of carbonyl (C=O) groups excluding carboxylic acids is 2. The van der Waals surface area contributed by atoms with E-state index in [2.05, 4.69) is 15.6 Å². The molecule has 0 unspecified atom stereocenters. The van der Waals surface area contributed by atoms with Gasteiger partial charge in [0.05, 0.1) is 12.6 Å². The van der Waals surface area contributed by atoms with Gasteiger partial charge in [0.1, 0.15) is 28.5 Å². The Morgan fingerprint density at radius 2 is 1.46 bits per heavy atom. The molecule has 2 N–H and O–H groups in total. The molecule has 3 aromatic carbocycles. The summed E-state index contributed by atoms with van der Waals surface area (Å²) in [6.07, 6.45) is 2.57. The van der Waals surface area contributed by atoms with Crippen molar-refractivity contribution in [2.75, 3.05) is 17.7 Å². The number of methoxy groups -OCH3 is 1. The van der Waals surface area contributed by atoms with Gasteiger partial charge in [0, 0.05) is 29.0 Å². The smallest absolute Gasteiger partial charge is 0.240 e. The summed E-state index contributed by atoms with van der Waals surface area (Å²) < 4.78 is 24.4. The van der Waals surface area contributed by atoms with Crippen LogP contribution >= 0.6 is 0 Å². The van der Waals surface area contributed by atoms with Crippen LogP contribution in [0.25, 0.3) is 10.9 Å². The normalized spacial score (nSPS) is 13.7. The fourth-order valence-corrected chi connectivity index (χ4v) is 3.77. The van der Waals surface area contributed by atoms with Crippen LogP contribution in [0, 0.1) is 11.2 Å². The van der Waals surface area contributed by atoms with Gasteiger partial charge in [-0.15, -0.1) is 0 Å². The third-order valence-corrected chi connectivity index (χ3v) is 5.97. The molecule has 4 aromatic rings. The predicted molar refractivity (Wildman–Crippen MR) is 130 cm³/mol. The summed E-state index contributed by atoms with van der Waals surface area (Å²) in [5, 5.41) is 6.35. The number of benzene rings is 3. The van der Waals surface area contributed by atoms with Crippen LogP contribution in [0.1, 0.15) is 12.8 Å². The molecular weight excluding hydrogens is 449 g/mol. The summed E-state index contributed by atoms with van der Waals surface area (Å²) >= 11 is 0. The van der Waals surface area contributed by atoms with Gasteiger partial charge in [0.2, 0.25) is 11.8 Å². The molecule has 0 aliphatic heterocycles. The lowest BCUT2D eigenvalue weighted by atomic mass is 10.0. The molecule has 5 rings (SSSR count). The number of carbonyl (C=O) groups is 2. The molecule has 1 aromatic heterocycles. The maximum absolute atomic E-state index is 13.1. The van der Waals surface area contributed by atoms with Crippen molar-refractivity contribution in [3.05, 3.63) is 84.8 Å². The molecule has 1 saturated carbocycles. The molecule has 0 radical (unpaired) electrons. The SMILES string of the molecule is COc1ccc2c(Oc3ccc(NC(=O)C4(C(=O)Nc5ccc(F)cc5)CC4)cc3)ccnc2c1. The summed E-state index contributed by atoms with van der Waals surface area (Å²) in [5.41, 5.74) is 0.617. The summed E-state index contributed by atoms with van der Waals surface area (Å²) in [7, 11) is 1.60. The van der Waals surface area contributed by atoms with Crippen LogP contribution in [0.4, 0.5) is 15.8 Å². The Morgan fingerprint density at radius 3 is 2.06 bits per heavy atom. The van der Waals surface area contributed by atoms with Crippen molar-refractivity contribution in [3.8, 4) is 17.2 Å². The molecule has 7 nitrogen and oxygen atoms in total. The number of amides is 2. The number of hydrogen-bond acceptors (Lipinski definition) is 5. The lowest BCUT2D eigenvalue weighted by Gasteiger charge is -2.16. The molecule has 1 aliphatic rings. The number of halogens is 1. The number of nitrogens with one attached hydrogen (secondary N) is 2. The Hall–Kier alpha value is -4.46. The Bertz CT molecular complexity index is 1400. The summed E-state index contributed by atoms with van der Waals surface area (Å²) in [6.45, 7) is 0. The van der Waals surface area contributed by atoms with Crippen LogP contribution in [0.15, 0.2) is 79.0 Å². The van der Waals surface area contributed by atoms with Gasteiger partial charge in [-0.25, -0.2) is 4.39 Å². The van der Waals surface area contributed by atoms with Crippen molar-refractivity contribution in [1.82, 2.24) is 4.98 Å². The molecule has 8 heteroatoms. The molecule has 35 heavy (non-hydrogen) atoms. The largest absolute Gasteiger partial charge is 0.497 e. The van der Waals surface area contributed by atoms with E-state index in [0.717, 1.165) is 10.9 Å². The molecule has 1 heterocycles. The fourth-order valence-electron chi connectivity index (χ4n) is 3.77. The third kappa shape index (κ3) is 4.63. The van der Waals surface area contributed by atoms with Crippen molar-refractivity contribution in [1.29, 1.82) is 0 Å². The van der Waals surface area contributed by atoms with Gasteiger partial charge in [-0.3, -0.25) is 14.6 Å². The molecule has 0 saturated heterocycles. The Kier molecular flexibility index (Phi) is 5.78. The van der Waals surface area contributed by atoms with Crippen molar-refractivity contribution >= 4 is 34.1 Å². The van der Waals surface area contributed by atoms with E-state index >= 15 is 0 Å². The van der Waals surface area contributed by atoms with Crippen LogP contribution < -0.4 is 20.1 Å². The zero-order valence-electron chi connectivity index (χ0n) is 18.9. The van der Waals surface area contributed by atoms with Crippen molar-refractivity contribution in [2.45, 2.75) is 12.8 Å². The second kappa shape index (κ2) is 9.06. The van der Waals surface area contributed by atoms with E-state index in [-0.39, 0.29) is 5.91 Å². The molecule has 1 aliphatic carbocycles. The van der Waals surface area contributed by atoms with Crippen LogP contribution in [-0.2, 0) is 9.59 Å². The monoisotopic (exact) mass is 471 g/mol. The number of rotatable bonds is 7. The van der Waals surface area contributed by atoms with Gasteiger partial charge in [-0.1, -0.05) is 0 Å². The highest BCUT2D eigenvalue weighted by molar-refractivity contribution is 6.16. The van der Waals surface area contributed by atoms with Gasteiger partial charge in [0.15, 0.2) is 0 Å². The summed E-state index contributed by atoms with van der Waals surface area (Å²) in [4.78, 5) is 30.0. The topological polar surface area (TPSA) is 89.5 Å². The lowest BCUT2D eigenvalue weighted by molar-refractivity contribution is -0.131. The average molecular weight is 471 g/mol. The fraction of sp³-hybridized carbons (Fsp3) is 0.148. The summed E-state index contributed by atoms with van der Waals surface area (Å²) in [5.74, 6) is 0.765. The number of pyridine rings is 1. The molecule has 0 spiro atoms. The highest BCUT2D eigenvalue weighted by Crippen LogP contribution is 2.47. The molecular formula is C27H22FN3O4. The van der Waals surface area contributed by atoms with E-state index in [0.29, 0.717) is 41.5 Å². The zero-order chi connectivity index (χ0) is 24.4. The number of hydrogen-bond donors (Lipinski definition) is 2. The minimum Gasteiger partial charge on any atom is -0.497 e. The number of fused-ring (bicyclic) bond motifs is 1. The first-order valence-corrected chi connectivity index (χ1v) is 11.1. The first kappa shape index (κ1) is 22.3. The number of nitrogens with zero attached hydrogens (tertiary/aromatic N) is 1. The minimum atomic E-state index is -1.12. The number of ether oxygens (including phenoxy) is 2. The second-order valence-corrected chi connectivity index (χ2v) is 8.32. The highest BCUT2D eigenvalue weighted by atomic mass is 19.1. The summed E-state index contributed by atoms with van der Waals surface area (Å²) in [6, 6.07) is 19.7. The Labute approximate surface area is 200 Å². The predicted octanol–water partition coefficient (Wildman–Crippen LogP) is 5.53. The van der Waals surface area contributed by atoms with Crippen LogP contribution in [0.3, 0.4) is 0 Å². The van der Waals surface area contributed by atoms with Crippen molar-refractivity contribution in [2.24, 2.45) is 5.41 Å². The van der Waals surface area contributed by atoms with Gasteiger partial charge in [-0.05, 0) is 79.6 Å². The van der Waals surface area contributed by atoms with E-state index in [9.17, 15) is 14.0 Å². The van der Waals surface area contributed by atoms with Gasteiger partial charge < -0.3 is 20.1 Å². The molecule has 1 fully saturated rings. The van der Waals surface area contributed by atoms with Crippen LogP contribution in [-0.4, -0.2) is 23.9 Å². The number of anilines is 2. The lowest BCUT2D eigenvalue weighted by Crippen LogP contribution is -2.35. The maximum atomic E-state index is 13.1. The molecule has 176 valence electrons. The molecule has 0 atom stereocenters. The minimum absolute atomic E-state index is 0.375. The van der Waals surface area contributed by atoms with Crippen LogP contribution in [0.2, 0.25) is 0 Å². The second-order valence-electron chi connectivity index (χ2n) is 8.32. The van der Waals surface area contributed by atoms with Crippen LogP contribution in [0.5, 0.6) is 17.2 Å². The maximum Gasteiger partial charge on any atom is 0.240 e. The number of aromatic nitrogens is 1. The molecule has 0 bridgehead atoms. The third-order valence-electron chi connectivity index (χ3n) is 5.97. The first-order chi connectivity index (χ1) is 17.0. The van der Waals surface area contributed by atoms with E-state index in [1.807, 2.05) is 18.2 Å². The first-order valence-electron chi connectivity index (χ1n) is 11.1. The Morgan fingerprint density at radius 1 is 0.857 bits per heavy atom. The van der Waals surface area contributed by atoms with E-state index in [1.54, 1.807) is 43.6 Å². The van der Waals surface area contributed by atoms with Gasteiger partial charge in [-0.2, -0.15) is 0 Å². The van der Waals surface area contributed by atoms with Crippen molar-refractivity contribution in [3.63, 3.8) is 0 Å².